The van der Waals surface area contributed by atoms with E-state index in [1.807, 2.05) is 98.5 Å². The lowest BCUT2D eigenvalue weighted by atomic mass is 9.83. The molecule has 0 aromatic carbocycles. The maximum absolute atomic E-state index is 12.3. The summed E-state index contributed by atoms with van der Waals surface area (Å²) in [5.74, 6) is 3.06. The highest BCUT2D eigenvalue weighted by Gasteiger charge is 2.29. The number of carbonyl (C=O) groups excluding carboxylic acids is 6. The molecule has 0 saturated heterocycles. The summed E-state index contributed by atoms with van der Waals surface area (Å²) in [6.45, 7) is 37.0. The molecule has 0 rings (SSSR count). The van der Waals surface area contributed by atoms with E-state index >= 15 is 0 Å². The van der Waals surface area contributed by atoms with E-state index in [2.05, 4.69) is 91.3 Å². The molecule has 73 heavy (non-hydrogen) atoms. The molecular formula is C56H119N11O6. The fourth-order valence-electron chi connectivity index (χ4n) is 8.39. The van der Waals surface area contributed by atoms with Crippen molar-refractivity contribution in [1.29, 1.82) is 0 Å². The maximum Gasteiger partial charge on any atom is 0.251 e. The van der Waals surface area contributed by atoms with Crippen LogP contribution in [0.2, 0.25) is 0 Å². The van der Waals surface area contributed by atoms with Crippen LogP contribution >= 0.6 is 0 Å². The fraction of sp³-hybridized carbons (Fsp3) is 0.893. The first-order valence-corrected chi connectivity index (χ1v) is 28.1. The normalized spacial score (nSPS) is 16.3. The average molecular weight is 1040 g/mol. The van der Waals surface area contributed by atoms with Gasteiger partial charge in [0.25, 0.3) is 11.8 Å². The summed E-state index contributed by atoms with van der Waals surface area (Å²) in [6, 6.07) is -0.743. The summed E-state index contributed by atoms with van der Waals surface area (Å²) < 4.78 is 0. The Morgan fingerprint density at radius 3 is 0.726 bits per heavy atom. The Labute approximate surface area is 448 Å². The minimum absolute atomic E-state index is 0. The van der Waals surface area contributed by atoms with Gasteiger partial charge in [-0.25, -0.2) is 15.0 Å². The smallest absolute Gasteiger partial charge is 0.251 e. The number of Topliss-reactive ketones (excluding diaryl/α,β-unsaturated/α-hetero) is 3. The van der Waals surface area contributed by atoms with Crippen LogP contribution in [-0.4, -0.2) is 155 Å². The molecule has 0 bridgehead atoms. The number of rotatable bonds is 39. The summed E-state index contributed by atoms with van der Waals surface area (Å²) in [4.78, 5) is 73.1. The highest BCUT2D eigenvalue weighted by atomic mass is 16.2. The SMILES string of the molecule is C.CCC(C)C(=O)NN(CC)CC(CC)C(CC)CC(=O)C(C)NC.CCC(CC(=O)C(C)NC)C(CC)CN(CC)NC(=O)C(C)NC.CCC(CC(=O)C(C)NC)C(CC)CN(CC)NC(=O)C(C)NC. The Hall–Kier alpha value is -2.90. The van der Waals surface area contributed by atoms with Crippen molar-refractivity contribution in [3.8, 4) is 0 Å². The van der Waals surface area contributed by atoms with Crippen molar-refractivity contribution in [2.24, 2.45) is 41.4 Å². The molecule has 0 aliphatic heterocycles. The van der Waals surface area contributed by atoms with Gasteiger partial charge in [-0.3, -0.25) is 45.0 Å². The Morgan fingerprint density at radius 2 is 0.548 bits per heavy atom. The summed E-state index contributed by atoms with van der Waals surface area (Å²) in [5.41, 5.74) is 9.01. The molecule has 12 unspecified atom stereocenters. The molecule has 434 valence electrons. The van der Waals surface area contributed by atoms with Crippen molar-refractivity contribution >= 4 is 35.1 Å². The molecule has 0 aromatic heterocycles. The van der Waals surface area contributed by atoms with Crippen LogP contribution in [0.4, 0.5) is 0 Å². The molecule has 17 nitrogen and oxygen atoms in total. The molecular weight excluding hydrogens is 923 g/mol. The van der Waals surface area contributed by atoms with E-state index < -0.39 is 0 Å². The van der Waals surface area contributed by atoms with Crippen LogP contribution in [0.3, 0.4) is 0 Å². The molecule has 0 spiro atoms. The van der Waals surface area contributed by atoms with Gasteiger partial charge in [0, 0.05) is 64.4 Å². The van der Waals surface area contributed by atoms with E-state index in [9.17, 15) is 28.8 Å². The first-order valence-electron chi connectivity index (χ1n) is 28.1. The third-order valence-corrected chi connectivity index (χ3v) is 15.3. The Morgan fingerprint density at radius 1 is 0.329 bits per heavy atom. The van der Waals surface area contributed by atoms with Crippen molar-refractivity contribution in [2.75, 3.05) is 74.5 Å². The summed E-state index contributed by atoms with van der Waals surface area (Å²) >= 11 is 0. The minimum Gasteiger partial charge on any atom is -0.311 e. The highest BCUT2D eigenvalue weighted by Crippen LogP contribution is 2.27. The second-order valence-corrected chi connectivity index (χ2v) is 19.9. The predicted octanol–water partition coefficient (Wildman–Crippen LogP) is 6.78. The first kappa shape index (κ1) is 76.6. The van der Waals surface area contributed by atoms with Crippen molar-refractivity contribution in [1.82, 2.24) is 57.9 Å². The zero-order valence-electron chi connectivity index (χ0n) is 50.0. The Balaban J connectivity index is -0.000000486. The quantitative estimate of drug-likeness (QED) is 0.0299. The van der Waals surface area contributed by atoms with E-state index in [4.69, 9.17) is 0 Å². The van der Waals surface area contributed by atoms with Gasteiger partial charge in [0.1, 0.15) is 17.3 Å². The van der Waals surface area contributed by atoms with E-state index in [0.717, 1.165) is 84.2 Å². The third kappa shape index (κ3) is 31.7. The number of ketones is 3. The van der Waals surface area contributed by atoms with Crippen molar-refractivity contribution < 1.29 is 28.8 Å². The topological polar surface area (TPSA) is 208 Å². The second-order valence-electron chi connectivity index (χ2n) is 19.9. The Bertz CT molecular complexity index is 1290. The lowest BCUT2D eigenvalue weighted by Gasteiger charge is -2.32. The number of amides is 3. The van der Waals surface area contributed by atoms with Gasteiger partial charge in [-0.15, -0.1) is 0 Å². The van der Waals surface area contributed by atoms with Crippen molar-refractivity contribution in [3.63, 3.8) is 0 Å². The number of hydrogen-bond acceptors (Lipinski definition) is 14. The molecule has 12 atom stereocenters. The molecule has 8 N–H and O–H groups in total. The minimum atomic E-state index is -0.223. The monoisotopic (exact) mass is 1040 g/mol. The van der Waals surface area contributed by atoms with Gasteiger partial charge in [-0.2, -0.15) is 0 Å². The predicted molar refractivity (Wildman–Crippen MR) is 307 cm³/mol. The van der Waals surface area contributed by atoms with Crippen LogP contribution < -0.4 is 42.9 Å². The molecule has 17 heteroatoms. The van der Waals surface area contributed by atoms with E-state index in [0.29, 0.717) is 54.8 Å². The third-order valence-electron chi connectivity index (χ3n) is 15.3. The van der Waals surface area contributed by atoms with Gasteiger partial charge in [0.2, 0.25) is 5.91 Å². The standard InChI is InChI=1S/C19H39N3O2.2C18H38N4O2.CH4/c1-8-14(5)19(24)21-22(11-4)13-17(10-3)16(9-2)12-18(23)15(6)20-7;2*1-8-15(11-17(23)13(4)19-6)16(9-2)12-22(10-3)21-18(24)14(5)20-7;/h14-17,20H,8-13H2,1-7H3,(H,21,24);2*13-16,19-20H,8-12H2,1-7H3,(H,21,24);1H4. The number of likely N-dealkylation sites (N-methyl/N-ethyl adjacent to an activating group) is 5. The van der Waals surface area contributed by atoms with Crippen LogP contribution in [0.25, 0.3) is 0 Å². The van der Waals surface area contributed by atoms with Crippen molar-refractivity contribution in [2.45, 2.75) is 213 Å². The van der Waals surface area contributed by atoms with E-state index in [1.165, 1.54) is 0 Å². The maximum atomic E-state index is 12.3. The number of carbonyl (C=O) groups is 6. The highest BCUT2D eigenvalue weighted by molar-refractivity contribution is 5.85. The van der Waals surface area contributed by atoms with E-state index in [1.54, 1.807) is 14.1 Å². The van der Waals surface area contributed by atoms with Crippen molar-refractivity contribution in [3.05, 3.63) is 0 Å². The molecule has 0 heterocycles. The fourth-order valence-corrected chi connectivity index (χ4v) is 8.39. The number of nitrogens with one attached hydrogen (secondary N) is 8. The summed E-state index contributed by atoms with van der Waals surface area (Å²) in [5, 5.41) is 20.9. The van der Waals surface area contributed by atoms with Gasteiger partial charge in [0.05, 0.1) is 30.2 Å². The largest absolute Gasteiger partial charge is 0.311 e. The summed E-state index contributed by atoms with van der Waals surface area (Å²) in [7, 11) is 9.01. The van der Waals surface area contributed by atoms with Gasteiger partial charge in [-0.1, -0.05) is 122 Å². The second kappa shape index (κ2) is 45.3. The van der Waals surface area contributed by atoms with E-state index in [-0.39, 0.29) is 78.6 Å². The zero-order valence-corrected chi connectivity index (χ0v) is 50.0. The number of hydrazine groups is 3. The zero-order chi connectivity index (χ0) is 56.1. The molecule has 0 aliphatic carbocycles. The average Bonchev–Trinajstić information content (AvgIpc) is 3.40. The lowest BCUT2D eigenvalue weighted by molar-refractivity contribution is -0.130. The lowest BCUT2D eigenvalue weighted by Crippen LogP contribution is -2.51. The molecule has 0 aromatic rings. The van der Waals surface area contributed by atoms with Crippen LogP contribution in [0.15, 0.2) is 0 Å². The molecule has 0 radical (unpaired) electrons. The van der Waals surface area contributed by atoms with Crippen LogP contribution in [0.1, 0.15) is 182 Å². The number of hydrogen-bond donors (Lipinski definition) is 8. The van der Waals surface area contributed by atoms with Gasteiger partial charge >= 0.3 is 0 Å². The van der Waals surface area contributed by atoms with Crippen LogP contribution in [-0.2, 0) is 28.8 Å². The Kier molecular flexibility index (Phi) is 47.5. The molecule has 3 amide bonds. The van der Waals surface area contributed by atoms with Crippen LogP contribution in [0, 0.1) is 41.4 Å². The van der Waals surface area contributed by atoms with Gasteiger partial charge < -0.3 is 26.6 Å². The summed E-state index contributed by atoms with van der Waals surface area (Å²) in [6.07, 6.45) is 8.56. The van der Waals surface area contributed by atoms with Gasteiger partial charge in [-0.05, 0) is 112 Å². The molecule has 0 fully saturated rings. The van der Waals surface area contributed by atoms with Gasteiger partial charge in [0.15, 0.2) is 0 Å². The first-order chi connectivity index (χ1) is 34.0. The molecule has 0 aliphatic rings. The van der Waals surface area contributed by atoms with Crippen LogP contribution in [0.5, 0.6) is 0 Å². The number of nitrogens with zero attached hydrogens (tertiary/aromatic N) is 3. The molecule has 0 saturated carbocycles.